The highest BCUT2D eigenvalue weighted by molar-refractivity contribution is 8.15. The molecule has 1 atom stereocenters. The molecule has 11 heteroatoms. The van der Waals surface area contributed by atoms with Crippen LogP contribution in [0.2, 0.25) is 0 Å². The van der Waals surface area contributed by atoms with E-state index in [2.05, 4.69) is 20.8 Å². The molecule has 1 aromatic carbocycles. The minimum Gasteiger partial charge on any atom is -0.400 e. The van der Waals surface area contributed by atoms with Crippen LogP contribution in [-0.4, -0.2) is 33.4 Å². The zero-order valence-corrected chi connectivity index (χ0v) is 16.4. The maximum absolute atomic E-state index is 12.3. The Morgan fingerprint density at radius 2 is 2.17 bits per heavy atom. The molecule has 0 bridgehead atoms. The van der Waals surface area contributed by atoms with Gasteiger partial charge in [-0.3, -0.25) is 19.7 Å². The summed E-state index contributed by atoms with van der Waals surface area (Å²) in [5.74, 6) is -0.872. The Morgan fingerprint density at radius 1 is 1.38 bits per heavy atom. The Bertz CT molecular complexity index is 1030. The van der Waals surface area contributed by atoms with E-state index in [1.165, 1.54) is 18.3 Å². The molecular weight excluding hydrogens is 398 g/mol. The molecule has 29 heavy (non-hydrogen) atoms. The molecule has 3 rings (SSSR count). The van der Waals surface area contributed by atoms with Crippen molar-refractivity contribution in [3.8, 4) is 0 Å². The first-order chi connectivity index (χ1) is 13.8. The number of anilines is 1. The summed E-state index contributed by atoms with van der Waals surface area (Å²) >= 11 is 1.09. The Labute approximate surface area is 169 Å². The van der Waals surface area contributed by atoms with E-state index in [-0.39, 0.29) is 29.2 Å². The predicted molar refractivity (Wildman–Crippen MR) is 109 cm³/mol. The lowest BCUT2D eigenvalue weighted by atomic mass is 10.1. The maximum Gasteiger partial charge on any atom is 0.433 e. The number of nitro groups is 1. The minimum atomic E-state index is -0.663. The largest absolute Gasteiger partial charge is 0.433 e. The standard InChI is InChI=1S/C18H17N5O5S/c1-10-3-5-13(11(2)7-10)20-15(24)8-14-17(25)21-18(29-14)22-19-9-12-4-6-16(28-12)23(26)27/h3-7,9,14H,8H2,1-2H3,(H,20,24)(H,21,22,25). The fourth-order valence-electron chi connectivity index (χ4n) is 2.56. The number of carbonyl (C=O) groups excluding carboxylic acids is 2. The summed E-state index contributed by atoms with van der Waals surface area (Å²) in [6.45, 7) is 3.87. The number of amides is 2. The first kappa shape index (κ1) is 20.3. The summed E-state index contributed by atoms with van der Waals surface area (Å²) in [6, 6.07) is 8.26. The number of nitrogens with zero attached hydrogens (tertiary/aromatic N) is 3. The number of amidine groups is 1. The normalized spacial score (nSPS) is 17.7. The highest BCUT2D eigenvalue weighted by atomic mass is 32.2. The van der Waals surface area contributed by atoms with Gasteiger partial charge in [0.2, 0.25) is 11.8 Å². The van der Waals surface area contributed by atoms with Crippen molar-refractivity contribution < 1.29 is 18.9 Å². The van der Waals surface area contributed by atoms with Crippen molar-refractivity contribution in [3.05, 3.63) is 57.3 Å². The quantitative estimate of drug-likeness (QED) is 0.422. The summed E-state index contributed by atoms with van der Waals surface area (Å²) in [4.78, 5) is 34.2. The molecule has 0 radical (unpaired) electrons. The van der Waals surface area contributed by atoms with Crippen LogP contribution in [0.3, 0.4) is 0 Å². The van der Waals surface area contributed by atoms with Crippen LogP contribution in [0, 0.1) is 24.0 Å². The average Bonchev–Trinajstić information content (AvgIpc) is 3.25. The average molecular weight is 415 g/mol. The van der Waals surface area contributed by atoms with E-state index >= 15 is 0 Å². The van der Waals surface area contributed by atoms with Gasteiger partial charge in [-0.15, -0.1) is 5.10 Å². The van der Waals surface area contributed by atoms with Crippen molar-refractivity contribution in [1.29, 1.82) is 0 Å². The Morgan fingerprint density at radius 3 is 2.86 bits per heavy atom. The van der Waals surface area contributed by atoms with E-state index in [0.717, 1.165) is 22.9 Å². The van der Waals surface area contributed by atoms with Gasteiger partial charge in [0.15, 0.2) is 10.9 Å². The number of furan rings is 1. The van der Waals surface area contributed by atoms with Crippen molar-refractivity contribution in [3.63, 3.8) is 0 Å². The maximum atomic E-state index is 12.3. The molecule has 1 saturated heterocycles. The number of benzene rings is 1. The third-order valence-corrected chi connectivity index (χ3v) is 5.00. The molecule has 1 aliphatic rings. The molecule has 2 N–H and O–H groups in total. The number of nitrogens with one attached hydrogen (secondary N) is 2. The third-order valence-electron chi connectivity index (χ3n) is 3.93. The highest BCUT2D eigenvalue weighted by Gasteiger charge is 2.32. The van der Waals surface area contributed by atoms with E-state index in [1.807, 2.05) is 32.0 Å². The summed E-state index contributed by atoms with van der Waals surface area (Å²) in [5, 5.41) is 23.1. The van der Waals surface area contributed by atoms with Crippen LogP contribution in [-0.2, 0) is 9.59 Å². The van der Waals surface area contributed by atoms with E-state index in [9.17, 15) is 19.7 Å². The topological polar surface area (TPSA) is 139 Å². The highest BCUT2D eigenvalue weighted by Crippen LogP contribution is 2.24. The molecule has 1 fully saturated rings. The number of aryl methyl sites for hydroxylation is 2. The summed E-state index contributed by atoms with van der Waals surface area (Å²) < 4.78 is 4.91. The zero-order chi connectivity index (χ0) is 21.0. The summed E-state index contributed by atoms with van der Waals surface area (Å²) in [5.41, 5.74) is 2.74. The second kappa shape index (κ2) is 8.69. The van der Waals surface area contributed by atoms with Gasteiger partial charge in [0.1, 0.15) is 10.2 Å². The van der Waals surface area contributed by atoms with Gasteiger partial charge in [-0.05, 0) is 31.5 Å². The van der Waals surface area contributed by atoms with Crippen LogP contribution in [0.15, 0.2) is 45.0 Å². The summed E-state index contributed by atoms with van der Waals surface area (Å²) in [6.07, 6.45) is 1.17. The van der Waals surface area contributed by atoms with Crippen molar-refractivity contribution in [1.82, 2.24) is 5.32 Å². The van der Waals surface area contributed by atoms with Gasteiger partial charge in [0.25, 0.3) is 0 Å². The van der Waals surface area contributed by atoms with Crippen LogP contribution in [0.1, 0.15) is 23.3 Å². The smallest absolute Gasteiger partial charge is 0.400 e. The van der Waals surface area contributed by atoms with Gasteiger partial charge in [0, 0.05) is 12.1 Å². The molecule has 0 aliphatic carbocycles. The third kappa shape index (κ3) is 5.29. The van der Waals surface area contributed by atoms with Crippen LogP contribution in [0.4, 0.5) is 11.6 Å². The zero-order valence-electron chi connectivity index (χ0n) is 15.5. The number of rotatable bonds is 6. The Hall–Kier alpha value is -3.47. The monoisotopic (exact) mass is 415 g/mol. The van der Waals surface area contributed by atoms with Gasteiger partial charge in [-0.25, -0.2) is 0 Å². The second-order valence-corrected chi connectivity index (χ2v) is 7.44. The lowest BCUT2D eigenvalue weighted by molar-refractivity contribution is -0.402. The van der Waals surface area contributed by atoms with Crippen molar-refractivity contribution in [2.45, 2.75) is 25.5 Å². The van der Waals surface area contributed by atoms with Crippen LogP contribution < -0.4 is 10.6 Å². The molecule has 10 nitrogen and oxygen atoms in total. The molecule has 1 unspecified atom stereocenters. The molecule has 2 aromatic rings. The second-order valence-electron chi connectivity index (χ2n) is 6.25. The molecule has 150 valence electrons. The lowest BCUT2D eigenvalue weighted by Gasteiger charge is -2.10. The van der Waals surface area contributed by atoms with E-state index in [0.29, 0.717) is 5.69 Å². The van der Waals surface area contributed by atoms with Gasteiger partial charge in [0.05, 0.1) is 12.3 Å². The number of hydrogen-bond donors (Lipinski definition) is 2. The first-order valence-corrected chi connectivity index (χ1v) is 9.39. The van der Waals surface area contributed by atoms with Crippen LogP contribution >= 0.6 is 11.8 Å². The van der Waals surface area contributed by atoms with Gasteiger partial charge < -0.3 is 15.1 Å². The molecule has 2 amide bonds. The predicted octanol–water partition coefficient (Wildman–Crippen LogP) is 2.75. The fourth-order valence-corrected chi connectivity index (χ4v) is 3.48. The van der Waals surface area contributed by atoms with Gasteiger partial charge in [-0.1, -0.05) is 29.5 Å². The molecule has 2 heterocycles. The van der Waals surface area contributed by atoms with E-state index in [1.54, 1.807) is 0 Å². The van der Waals surface area contributed by atoms with E-state index in [4.69, 9.17) is 4.42 Å². The van der Waals surface area contributed by atoms with E-state index < -0.39 is 16.1 Å². The lowest BCUT2D eigenvalue weighted by Crippen LogP contribution is -2.28. The van der Waals surface area contributed by atoms with Crippen LogP contribution in [0.25, 0.3) is 0 Å². The van der Waals surface area contributed by atoms with Gasteiger partial charge >= 0.3 is 5.88 Å². The minimum absolute atomic E-state index is 0.0169. The number of hydrogen-bond acceptors (Lipinski definition) is 8. The molecule has 0 saturated carbocycles. The Balaban J connectivity index is 1.56. The van der Waals surface area contributed by atoms with Crippen molar-refractivity contribution >= 4 is 46.5 Å². The molecule has 1 aliphatic heterocycles. The fraction of sp³-hybridized carbons (Fsp3) is 0.222. The van der Waals surface area contributed by atoms with Crippen molar-refractivity contribution in [2.75, 3.05) is 5.32 Å². The molecule has 0 spiro atoms. The Kier molecular flexibility index (Phi) is 6.07. The SMILES string of the molecule is Cc1ccc(NC(=O)CC2SC(=NN=Cc3ccc([N+](=O)[O-])o3)NC2=O)c(C)c1. The number of carbonyl (C=O) groups is 2. The molecule has 1 aromatic heterocycles. The van der Waals surface area contributed by atoms with Gasteiger partial charge in [-0.2, -0.15) is 5.10 Å². The number of thioether (sulfide) groups is 1. The van der Waals surface area contributed by atoms with Crippen LogP contribution in [0.5, 0.6) is 0 Å². The molecular formula is C18H17N5O5S. The summed E-state index contributed by atoms with van der Waals surface area (Å²) in [7, 11) is 0. The van der Waals surface area contributed by atoms with Crippen molar-refractivity contribution in [2.24, 2.45) is 10.2 Å². The first-order valence-electron chi connectivity index (χ1n) is 8.51.